The summed E-state index contributed by atoms with van der Waals surface area (Å²) < 4.78 is 29.5. The first kappa shape index (κ1) is 21.0. The lowest BCUT2D eigenvalue weighted by Gasteiger charge is -2.34. The molecule has 3 aromatic heterocycles. The number of pyridine rings is 1. The summed E-state index contributed by atoms with van der Waals surface area (Å²) in [6.07, 6.45) is 1.72. The average molecular weight is 457 g/mol. The van der Waals surface area contributed by atoms with Crippen LogP contribution in [0.4, 0.5) is 8.78 Å². The van der Waals surface area contributed by atoms with Gasteiger partial charge in [0.05, 0.1) is 23.4 Å². The fraction of sp³-hybridized carbons (Fsp3) is 0.318. The first-order valence-corrected chi connectivity index (χ1v) is 11.3. The van der Waals surface area contributed by atoms with Gasteiger partial charge in [0.2, 0.25) is 0 Å². The molecule has 4 aromatic rings. The van der Waals surface area contributed by atoms with Crippen LogP contribution in [0.1, 0.15) is 5.69 Å². The van der Waals surface area contributed by atoms with Crippen LogP contribution in [-0.4, -0.2) is 60.7 Å². The van der Waals surface area contributed by atoms with Gasteiger partial charge in [0.1, 0.15) is 5.65 Å². The van der Waals surface area contributed by atoms with Crippen molar-refractivity contribution >= 4 is 28.4 Å². The third-order valence-electron chi connectivity index (χ3n) is 5.63. The lowest BCUT2D eigenvalue weighted by Crippen LogP contribution is -2.46. The monoisotopic (exact) mass is 456 g/mol. The van der Waals surface area contributed by atoms with E-state index in [0.717, 1.165) is 42.9 Å². The highest BCUT2D eigenvalue weighted by molar-refractivity contribution is 7.99. The summed E-state index contributed by atoms with van der Waals surface area (Å²) in [5, 5.41) is 0.337. The highest BCUT2D eigenvalue weighted by atomic mass is 32.2. The number of rotatable bonds is 6. The molecule has 1 aliphatic rings. The van der Waals surface area contributed by atoms with E-state index in [1.54, 1.807) is 12.3 Å². The van der Waals surface area contributed by atoms with Crippen LogP contribution in [0.15, 0.2) is 64.7 Å². The zero-order valence-corrected chi connectivity index (χ0v) is 18.1. The summed E-state index contributed by atoms with van der Waals surface area (Å²) in [6, 6.07) is 14.6. The molecule has 10 heteroatoms. The normalized spacial score (nSPS) is 15.8. The number of alkyl halides is 2. The van der Waals surface area contributed by atoms with Crippen LogP contribution in [0.5, 0.6) is 0 Å². The van der Waals surface area contributed by atoms with E-state index in [0.29, 0.717) is 35.8 Å². The summed E-state index contributed by atoms with van der Waals surface area (Å²) in [7, 11) is 0. The maximum Gasteiger partial charge on any atom is 0.291 e. The minimum absolute atomic E-state index is 0.0831. The van der Waals surface area contributed by atoms with Crippen molar-refractivity contribution in [1.29, 1.82) is 0 Å². The summed E-state index contributed by atoms with van der Waals surface area (Å²) in [6.45, 7) is 4.31. The van der Waals surface area contributed by atoms with Gasteiger partial charge in [-0.3, -0.25) is 19.0 Å². The Morgan fingerprint density at radius 1 is 0.969 bits per heavy atom. The number of thioether (sulfide) groups is 1. The molecule has 0 spiro atoms. The van der Waals surface area contributed by atoms with Crippen molar-refractivity contribution in [1.82, 2.24) is 28.7 Å². The first-order valence-electron chi connectivity index (χ1n) is 10.4. The number of aromatic nitrogens is 4. The number of hydrogen-bond acceptors (Lipinski definition) is 6. The van der Waals surface area contributed by atoms with E-state index in [9.17, 15) is 13.6 Å². The number of imidazole rings is 1. The number of benzene rings is 1. The number of para-hydroxylation sites is 2. The number of nitrogens with zero attached hydrogens (tertiary/aromatic N) is 6. The Kier molecular flexibility index (Phi) is 5.90. The van der Waals surface area contributed by atoms with E-state index < -0.39 is 5.76 Å². The van der Waals surface area contributed by atoms with Gasteiger partial charge in [0, 0.05) is 45.0 Å². The quantitative estimate of drug-likeness (QED) is 0.416. The van der Waals surface area contributed by atoms with E-state index >= 15 is 0 Å². The lowest BCUT2D eigenvalue weighted by atomic mass is 10.3. The second kappa shape index (κ2) is 8.97. The smallest absolute Gasteiger partial charge is 0.291 e. The Balaban J connectivity index is 1.26. The molecule has 0 radical (unpaired) electrons. The van der Waals surface area contributed by atoms with Gasteiger partial charge in [0.25, 0.3) is 11.3 Å². The maximum absolute atomic E-state index is 13.1. The van der Waals surface area contributed by atoms with Crippen LogP contribution in [-0.2, 0) is 13.2 Å². The fourth-order valence-electron chi connectivity index (χ4n) is 4.06. The molecule has 1 saturated heterocycles. The topological polar surface area (TPSA) is 58.7 Å². The maximum atomic E-state index is 13.1. The van der Waals surface area contributed by atoms with Gasteiger partial charge < -0.3 is 4.57 Å². The van der Waals surface area contributed by atoms with Crippen LogP contribution in [0.25, 0.3) is 16.7 Å². The molecule has 0 atom stereocenters. The van der Waals surface area contributed by atoms with Crippen LogP contribution in [0.2, 0.25) is 0 Å². The van der Waals surface area contributed by atoms with Gasteiger partial charge >= 0.3 is 0 Å². The Bertz CT molecular complexity index is 1300. The molecule has 32 heavy (non-hydrogen) atoms. The van der Waals surface area contributed by atoms with E-state index in [2.05, 4.69) is 19.8 Å². The van der Waals surface area contributed by atoms with Crippen LogP contribution in [0, 0.1) is 0 Å². The van der Waals surface area contributed by atoms with Crippen LogP contribution in [0.3, 0.4) is 0 Å². The van der Waals surface area contributed by atoms with Gasteiger partial charge in [-0.05, 0) is 36.0 Å². The molecular formula is C22H22F2N6OS. The molecule has 1 aliphatic heterocycles. The lowest BCUT2D eigenvalue weighted by molar-refractivity contribution is 0.101. The molecular weight excluding hydrogens is 434 g/mol. The molecule has 0 aliphatic carbocycles. The summed E-state index contributed by atoms with van der Waals surface area (Å²) in [4.78, 5) is 25.8. The predicted octanol–water partition coefficient (Wildman–Crippen LogP) is 3.13. The molecule has 0 bridgehead atoms. The molecule has 1 aromatic carbocycles. The van der Waals surface area contributed by atoms with E-state index in [4.69, 9.17) is 0 Å². The Labute approximate surface area is 187 Å². The Morgan fingerprint density at radius 3 is 2.53 bits per heavy atom. The summed E-state index contributed by atoms with van der Waals surface area (Å²) in [5.41, 5.74) is 2.90. The molecule has 7 nitrogen and oxygen atoms in total. The van der Waals surface area contributed by atoms with Gasteiger partial charge in [-0.15, -0.1) is 0 Å². The number of fused-ring (bicyclic) bond motifs is 2. The van der Waals surface area contributed by atoms with Crippen LogP contribution >= 0.6 is 11.8 Å². The molecule has 1 fully saturated rings. The predicted molar refractivity (Wildman–Crippen MR) is 120 cm³/mol. The summed E-state index contributed by atoms with van der Waals surface area (Å²) in [5.74, 6) is -2.51. The molecule has 0 amide bonds. The molecule has 0 N–H and O–H groups in total. The second-order valence-electron chi connectivity index (χ2n) is 7.74. The van der Waals surface area contributed by atoms with Crippen molar-refractivity contribution in [2.75, 3.05) is 26.2 Å². The van der Waals surface area contributed by atoms with Gasteiger partial charge in [-0.1, -0.05) is 18.2 Å². The number of piperazine rings is 1. The van der Waals surface area contributed by atoms with Crippen LogP contribution < -0.4 is 5.56 Å². The number of halogens is 2. The van der Waals surface area contributed by atoms with Gasteiger partial charge in [0.15, 0.2) is 5.16 Å². The number of hydrogen-bond donors (Lipinski definition) is 0. The van der Waals surface area contributed by atoms with Crippen molar-refractivity contribution < 1.29 is 8.78 Å². The van der Waals surface area contributed by atoms with E-state index in [1.807, 2.05) is 47.0 Å². The third-order valence-corrected chi connectivity index (χ3v) is 6.33. The van der Waals surface area contributed by atoms with Gasteiger partial charge in [-0.25, -0.2) is 9.97 Å². The molecule has 0 saturated carbocycles. The SMILES string of the molecule is O=c1cc(CN2CCN(Cn3c(SC(F)F)nc4ccccc43)CC2)nc2ccccn12. The molecule has 166 valence electrons. The standard InChI is InChI=1S/C22H22F2N6OS/c23-21(24)32-22-26-17-5-1-2-6-18(17)30(22)15-28-11-9-27(10-12-28)14-16-13-20(31)29-8-4-3-7-19(29)25-16/h1-8,13,21H,9-12,14-15H2. The van der Waals surface area contributed by atoms with Crippen molar-refractivity contribution in [2.24, 2.45) is 0 Å². The van der Waals surface area contributed by atoms with Crippen molar-refractivity contribution in [3.05, 3.63) is 70.8 Å². The molecule has 5 rings (SSSR count). The van der Waals surface area contributed by atoms with E-state index in [-0.39, 0.29) is 5.56 Å². The zero-order chi connectivity index (χ0) is 22.1. The Morgan fingerprint density at radius 2 is 1.72 bits per heavy atom. The minimum atomic E-state index is -2.51. The van der Waals surface area contributed by atoms with Gasteiger partial charge in [-0.2, -0.15) is 8.78 Å². The largest absolute Gasteiger partial charge is 0.305 e. The second-order valence-corrected chi connectivity index (χ2v) is 8.70. The zero-order valence-electron chi connectivity index (χ0n) is 17.3. The fourth-order valence-corrected chi connectivity index (χ4v) is 4.66. The summed E-state index contributed by atoms with van der Waals surface area (Å²) >= 11 is 0.486. The highest BCUT2D eigenvalue weighted by Crippen LogP contribution is 2.29. The minimum Gasteiger partial charge on any atom is -0.305 e. The molecule has 4 heterocycles. The van der Waals surface area contributed by atoms with Crippen molar-refractivity contribution in [3.8, 4) is 0 Å². The van der Waals surface area contributed by atoms with E-state index in [1.165, 1.54) is 4.40 Å². The highest BCUT2D eigenvalue weighted by Gasteiger charge is 2.21. The Hall–Kier alpha value is -2.82. The first-order chi connectivity index (χ1) is 15.6. The molecule has 0 unspecified atom stereocenters. The third kappa shape index (κ3) is 4.38. The van der Waals surface area contributed by atoms with Crippen molar-refractivity contribution in [2.45, 2.75) is 24.1 Å². The average Bonchev–Trinajstić information content (AvgIpc) is 3.11. The van der Waals surface area contributed by atoms with Crippen molar-refractivity contribution in [3.63, 3.8) is 0 Å².